The lowest BCUT2D eigenvalue weighted by atomic mass is 10.2. The topological polar surface area (TPSA) is 27.1 Å². The van der Waals surface area contributed by atoms with Crippen molar-refractivity contribution in [3.63, 3.8) is 0 Å². The normalized spacial score (nSPS) is 11.2. The van der Waals surface area contributed by atoms with Crippen LogP contribution in [0.5, 0.6) is 0 Å². The number of benzene rings is 1. The number of nitrogens with zero attached hydrogens (tertiary/aromatic N) is 2. The fourth-order valence-electron chi connectivity index (χ4n) is 1.79. The average Bonchev–Trinajstić information content (AvgIpc) is 2.62. The maximum absolute atomic E-state index is 5.97. The van der Waals surface area contributed by atoms with Crippen LogP contribution in [0.15, 0.2) is 18.2 Å². The van der Waals surface area contributed by atoms with E-state index in [0.717, 1.165) is 28.2 Å². The highest BCUT2D eigenvalue weighted by atomic mass is 35.5. The van der Waals surface area contributed by atoms with E-state index in [-0.39, 0.29) is 0 Å². The molecule has 0 bridgehead atoms. The van der Waals surface area contributed by atoms with Crippen LogP contribution in [0.4, 0.5) is 0 Å². The van der Waals surface area contributed by atoms with Crippen LogP contribution in [-0.4, -0.2) is 28.9 Å². The number of aryl methyl sites for hydroxylation is 1. The molecule has 0 radical (unpaired) electrons. The third kappa shape index (κ3) is 2.92. The number of alkyl halides is 1. The van der Waals surface area contributed by atoms with Crippen LogP contribution < -0.4 is 0 Å². The molecule has 0 amide bonds. The van der Waals surface area contributed by atoms with Gasteiger partial charge in [-0.05, 0) is 25.1 Å². The van der Waals surface area contributed by atoms with Crippen molar-refractivity contribution in [2.24, 2.45) is 0 Å². The smallest absolute Gasteiger partial charge is 0.0687 e. The molecule has 0 saturated carbocycles. The maximum Gasteiger partial charge on any atom is 0.0687 e. The lowest BCUT2D eigenvalue weighted by Gasteiger charge is -2.04. The molecule has 0 N–H and O–H groups in total. The van der Waals surface area contributed by atoms with Crippen molar-refractivity contribution in [2.45, 2.75) is 13.5 Å². The van der Waals surface area contributed by atoms with Crippen molar-refractivity contribution < 1.29 is 4.74 Å². The minimum atomic E-state index is 0.522. The molecule has 1 heterocycles. The summed E-state index contributed by atoms with van der Waals surface area (Å²) in [6.07, 6.45) is 0. The van der Waals surface area contributed by atoms with E-state index in [1.165, 1.54) is 0 Å². The van der Waals surface area contributed by atoms with Gasteiger partial charge >= 0.3 is 0 Å². The molecule has 5 heteroatoms. The first-order valence-corrected chi connectivity index (χ1v) is 6.40. The van der Waals surface area contributed by atoms with Crippen LogP contribution in [0.25, 0.3) is 10.9 Å². The molecule has 2 aromatic rings. The number of hydrogen-bond donors (Lipinski definition) is 0. The van der Waals surface area contributed by atoms with Crippen LogP contribution in [0.1, 0.15) is 5.69 Å². The molecule has 92 valence electrons. The second kappa shape index (κ2) is 5.71. The molecule has 17 heavy (non-hydrogen) atoms. The Bertz CT molecular complexity index is 510. The second-order valence-corrected chi connectivity index (χ2v) is 4.59. The molecule has 0 atom stereocenters. The Balaban J connectivity index is 2.17. The molecule has 0 aliphatic rings. The summed E-state index contributed by atoms with van der Waals surface area (Å²) in [6, 6.07) is 5.80. The molecule has 0 saturated heterocycles. The molecule has 1 aromatic heterocycles. The van der Waals surface area contributed by atoms with Crippen LogP contribution in [0.3, 0.4) is 0 Å². The molecule has 1 aromatic carbocycles. The van der Waals surface area contributed by atoms with Crippen molar-refractivity contribution in [3.8, 4) is 0 Å². The number of rotatable bonds is 5. The summed E-state index contributed by atoms with van der Waals surface area (Å²) in [6.45, 7) is 3.90. The quantitative estimate of drug-likeness (QED) is 0.617. The van der Waals surface area contributed by atoms with E-state index in [9.17, 15) is 0 Å². The van der Waals surface area contributed by atoms with Gasteiger partial charge in [-0.2, -0.15) is 5.10 Å². The van der Waals surface area contributed by atoms with Crippen LogP contribution in [-0.2, 0) is 11.3 Å². The highest BCUT2D eigenvalue weighted by Crippen LogP contribution is 2.22. The van der Waals surface area contributed by atoms with E-state index in [1.807, 2.05) is 29.8 Å². The van der Waals surface area contributed by atoms with Gasteiger partial charge in [0.15, 0.2) is 0 Å². The zero-order chi connectivity index (χ0) is 12.3. The van der Waals surface area contributed by atoms with Crippen molar-refractivity contribution in [1.82, 2.24) is 9.78 Å². The van der Waals surface area contributed by atoms with Crippen LogP contribution >= 0.6 is 23.2 Å². The first-order valence-electron chi connectivity index (χ1n) is 5.49. The van der Waals surface area contributed by atoms with Crippen molar-refractivity contribution in [1.29, 1.82) is 0 Å². The highest BCUT2D eigenvalue weighted by Gasteiger charge is 2.07. The number of hydrogen-bond acceptors (Lipinski definition) is 2. The molecule has 0 aliphatic heterocycles. The molecule has 0 fully saturated rings. The first-order chi connectivity index (χ1) is 8.22. The Morgan fingerprint density at radius 1 is 1.35 bits per heavy atom. The van der Waals surface area contributed by atoms with Gasteiger partial charge in [0, 0.05) is 16.3 Å². The Morgan fingerprint density at radius 2 is 2.18 bits per heavy atom. The molecule has 3 nitrogen and oxygen atoms in total. The summed E-state index contributed by atoms with van der Waals surface area (Å²) in [5.74, 6) is 0.522. The van der Waals surface area contributed by atoms with E-state index in [0.29, 0.717) is 19.1 Å². The maximum atomic E-state index is 5.97. The third-order valence-electron chi connectivity index (χ3n) is 2.57. The lowest BCUT2D eigenvalue weighted by Crippen LogP contribution is -2.08. The van der Waals surface area contributed by atoms with Crippen molar-refractivity contribution >= 4 is 34.1 Å². The molecular formula is C12H14Cl2N2O. The molecule has 2 rings (SSSR count). The Labute approximate surface area is 110 Å². The average molecular weight is 273 g/mol. The Kier molecular flexibility index (Phi) is 4.26. The fraction of sp³-hybridized carbons (Fsp3) is 0.417. The van der Waals surface area contributed by atoms with E-state index < -0.39 is 0 Å². The monoisotopic (exact) mass is 272 g/mol. The second-order valence-electron chi connectivity index (χ2n) is 3.77. The summed E-state index contributed by atoms with van der Waals surface area (Å²) in [5, 5.41) is 6.30. The highest BCUT2D eigenvalue weighted by molar-refractivity contribution is 6.31. The largest absolute Gasteiger partial charge is 0.378 e. The zero-order valence-electron chi connectivity index (χ0n) is 9.62. The van der Waals surface area contributed by atoms with Gasteiger partial charge in [0.25, 0.3) is 0 Å². The number of fused-ring (bicyclic) bond motifs is 1. The third-order valence-corrected chi connectivity index (χ3v) is 2.96. The van der Waals surface area contributed by atoms with Crippen molar-refractivity contribution in [2.75, 3.05) is 19.1 Å². The standard InChI is InChI=1S/C12H14Cl2N2O/c1-9-11-8-10(14)2-3-12(11)16(15-9)5-7-17-6-4-13/h2-3,8H,4-7H2,1H3. The van der Waals surface area contributed by atoms with Gasteiger partial charge in [-0.15, -0.1) is 11.6 Å². The minimum Gasteiger partial charge on any atom is -0.378 e. The number of aromatic nitrogens is 2. The van der Waals surface area contributed by atoms with E-state index in [2.05, 4.69) is 5.10 Å². The van der Waals surface area contributed by atoms with Gasteiger partial charge in [-0.25, -0.2) is 0 Å². The van der Waals surface area contributed by atoms with E-state index in [1.54, 1.807) is 0 Å². The number of halogens is 2. The molecule has 0 spiro atoms. The van der Waals surface area contributed by atoms with Gasteiger partial charge in [0.05, 0.1) is 31.0 Å². The summed E-state index contributed by atoms with van der Waals surface area (Å²) in [4.78, 5) is 0. The fourth-order valence-corrected chi connectivity index (χ4v) is 2.07. The summed E-state index contributed by atoms with van der Waals surface area (Å²) in [7, 11) is 0. The lowest BCUT2D eigenvalue weighted by molar-refractivity contribution is 0.139. The minimum absolute atomic E-state index is 0.522. The SMILES string of the molecule is Cc1nn(CCOCCCl)c2ccc(Cl)cc12. The Morgan fingerprint density at radius 3 is 2.94 bits per heavy atom. The van der Waals surface area contributed by atoms with Gasteiger partial charge in [0.2, 0.25) is 0 Å². The van der Waals surface area contributed by atoms with Crippen LogP contribution in [0, 0.1) is 6.92 Å². The summed E-state index contributed by atoms with van der Waals surface area (Å²) >= 11 is 11.5. The van der Waals surface area contributed by atoms with Gasteiger partial charge < -0.3 is 4.74 Å². The van der Waals surface area contributed by atoms with Crippen LogP contribution in [0.2, 0.25) is 5.02 Å². The molecular weight excluding hydrogens is 259 g/mol. The van der Waals surface area contributed by atoms with Crippen molar-refractivity contribution in [3.05, 3.63) is 28.9 Å². The Hall–Kier alpha value is -0.770. The zero-order valence-corrected chi connectivity index (χ0v) is 11.1. The van der Waals surface area contributed by atoms with Gasteiger partial charge in [-0.1, -0.05) is 11.6 Å². The first kappa shape index (κ1) is 12.7. The molecule has 0 aliphatic carbocycles. The predicted molar refractivity (Wildman–Crippen MR) is 71.0 cm³/mol. The summed E-state index contributed by atoms with van der Waals surface area (Å²) in [5.41, 5.74) is 2.07. The predicted octanol–water partition coefficient (Wildman–Crippen LogP) is 3.25. The number of ether oxygens (including phenoxy) is 1. The molecule has 0 unspecified atom stereocenters. The van der Waals surface area contributed by atoms with Gasteiger partial charge in [0.1, 0.15) is 0 Å². The van der Waals surface area contributed by atoms with Gasteiger partial charge in [-0.3, -0.25) is 4.68 Å². The summed E-state index contributed by atoms with van der Waals surface area (Å²) < 4.78 is 7.29. The van der Waals surface area contributed by atoms with E-state index >= 15 is 0 Å². The van der Waals surface area contributed by atoms with E-state index in [4.69, 9.17) is 27.9 Å².